The SMILES string of the molecule is Cn1c(=O)c2c(ncn2Cc2ccccc2C2(c3ccccc3)NC(=O)NC2=O)n(C)c1=O. The molecule has 2 aromatic carbocycles. The van der Waals surface area contributed by atoms with Gasteiger partial charge in [-0.25, -0.2) is 14.6 Å². The van der Waals surface area contributed by atoms with E-state index in [0.29, 0.717) is 16.7 Å². The Balaban J connectivity index is 1.72. The van der Waals surface area contributed by atoms with Crippen molar-refractivity contribution >= 4 is 23.1 Å². The minimum absolute atomic E-state index is 0.192. The van der Waals surface area contributed by atoms with Crippen molar-refractivity contribution in [1.29, 1.82) is 0 Å². The number of nitrogens with one attached hydrogen (secondary N) is 2. The number of rotatable bonds is 4. The van der Waals surface area contributed by atoms with Gasteiger partial charge >= 0.3 is 11.7 Å². The molecule has 4 aromatic rings. The van der Waals surface area contributed by atoms with Gasteiger partial charge in [0.1, 0.15) is 0 Å². The second kappa shape index (κ2) is 7.30. The van der Waals surface area contributed by atoms with E-state index in [9.17, 15) is 19.2 Å². The van der Waals surface area contributed by atoms with Crippen LogP contribution in [0.2, 0.25) is 0 Å². The number of benzene rings is 2. The van der Waals surface area contributed by atoms with Gasteiger partial charge < -0.3 is 9.88 Å². The highest BCUT2D eigenvalue weighted by molar-refractivity contribution is 6.09. The number of fused-ring (bicyclic) bond motifs is 1. The molecule has 1 fully saturated rings. The van der Waals surface area contributed by atoms with Crippen molar-refractivity contribution < 1.29 is 9.59 Å². The van der Waals surface area contributed by atoms with Crippen molar-refractivity contribution in [1.82, 2.24) is 29.3 Å². The standard InChI is InChI=1S/C23H20N6O4/c1-27-18-17(19(30)28(2)22(27)33)29(13-24-18)12-14-8-6-7-11-16(14)23(15-9-4-3-5-10-15)20(31)25-21(32)26-23/h3-11,13H,12H2,1-2H3,(H2,25,26,31,32). The quantitative estimate of drug-likeness (QED) is 0.446. The van der Waals surface area contributed by atoms with Crippen LogP contribution < -0.4 is 21.9 Å². The van der Waals surface area contributed by atoms with Gasteiger partial charge in [0.2, 0.25) is 0 Å². The molecular weight excluding hydrogens is 424 g/mol. The van der Waals surface area contributed by atoms with Gasteiger partial charge in [-0.1, -0.05) is 54.6 Å². The smallest absolute Gasteiger partial charge is 0.320 e. The van der Waals surface area contributed by atoms with Gasteiger partial charge in [0, 0.05) is 20.6 Å². The van der Waals surface area contributed by atoms with E-state index >= 15 is 0 Å². The van der Waals surface area contributed by atoms with Crippen molar-refractivity contribution in [2.24, 2.45) is 14.1 Å². The molecule has 1 atom stereocenters. The Labute approximate surface area is 187 Å². The number of hydrogen-bond donors (Lipinski definition) is 2. The average Bonchev–Trinajstić information content (AvgIpc) is 3.38. The number of carbonyl (C=O) groups is 2. The number of urea groups is 1. The fraction of sp³-hybridized carbons (Fsp3) is 0.174. The van der Waals surface area contributed by atoms with Crippen molar-refractivity contribution in [2.75, 3.05) is 0 Å². The lowest BCUT2D eigenvalue weighted by molar-refractivity contribution is -0.122. The van der Waals surface area contributed by atoms with Crippen LogP contribution in [0.3, 0.4) is 0 Å². The lowest BCUT2D eigenvalue weighted by atomic mass is 9.80. The Hall–Kier alpha value is -4.47. The summed E-state index contributed by atoms with van der Waals surface area (Å²) in [6.45, 7) is 0.192. The molecule has 1 unspecified atom stereocenters. The normalized spacial score (nSPS) is 17.9. The molecule has 1 aliphatic heterocycles. The highest BCUT2D eigenvalue weighted by atomic mass is 16.2. The second-order valence-corrected chi connectivity index (χ2v) is 7.93. The van der Waals surface area contributed by atoms with E-state index in [1.165, 1.54) is 17.9 Å². The minimum atomic E-state index is -1.43. The summed E-state index contributed by atoms with van der Waals surface area (Å²) in [5.74, 6) is -0.486. The molecule has 3 amide bonds. The summed E-state index contributed by atoms with van der Waals surface area (Å²) in [7, 11) is 2.97. The van der Waals surface area contributed by atoms with Crippen molar-refractivity contribution in [3.8, 4) is 0 Å². The molecular formula is C23H20N6O4. The molecule has 0 spiro atoms. The molecule has 0 aliphatic carbocycles. The first kappa shape index (κ1) is 20.4. The molecule has 0 radical (unpaired) electrons. The monoisotopic (exact) mass is 444 g/mol. The van der Waals surface area contributed by atoms with E-state index in [1.807, 2.05) is 18.2 Å². The largest absolute Gasteiger partial charge is 0.332 e. The van der Waals surface area contributed by atoms with E-state index in [-0.39, 0.29) is 17.7 Å². The van der Waals surface area contributed by atoms with Gasteiger partial charge in [-0.2, -0.15) is 0 Å². The molecule has 166 valence electrons. The Morgan fingerprint density at radius 1 is 0.909 bits per heavy atom. The van der Waals surface area contributed by atoms with Crippen LogP contribution in [0.1, 0.15) is 16.7 Å². The Kier molecular flexibility index (Phi) is 4.52. The summed E-state index contributed by atoms with van der Waals surface area (Å²) < 4.78 is 3.99. The molecule has 1 saturated heterocycles. The molecule has 0 saturated carbocycles. The molecule has 5 rings (SSSR count). The number of imide groups is 1. The van der Waals surface area contributed by atoms with Crippen LogP contribution in [-0.4, -0.2) is 30.6 Å². The van der Waals surface area contributed by atoms with Crippen LogP contribution in [0.15, 0.2) is 70.5 Å². The van der Waals surface area contributed by atoms with Gasteiger partial charge in [-0.05, 0) is 16.7 Å². The molecule has 33 heavy (non-hydrogen) atoms. The lowest BCUT2D eigenvalue weighted by Crippen LogP contribution is -2.45. The number of aryl methyl sites for hydroxylation is 1. The molecule has 2 N–H and O–H groups in total. The first-order chi connectivity index (χ1) is 15.8. The van der Waals surface area contributed by atoms with E-state index in [0.717, 1.165) is 4.57 Å². The van der Waals surface area contributed by atoms with E-state index in [2.05, 4.69) is 15.6 Å². The Morgan fingerprint density at radius 3 is 2.30 bits per heavy atom. The third kappa shape index (κ3) is 2.91. The Morgan fingerprint density at radius 2 is 1.61 bits per heavy atom. The maximum Gasteiger partial charge on any atom is 0.332 e. The molecule has 0 bridgehead atoms. The second-order valence-electron chi connectivity index (χ2n) is 7.93. The van der Waals surface area contributed by atoms with E-state index < -0.39 is 28.7 Å². The molecule has 10 nitrogen and oxygen atoms in total. The van der Waals surface area contributed by atoms with Crippen LogP contribution in [-0.2, 0) is 31.0 Å². The van der Waals surface area contributed by atoms with Crippen molar-refractivity contribution in [3.05, 3.63) is 98.5 Å². The first-order valence-electron chi connectivity index (χ1n) is 10.2. The van der Waals surface area contributed by atoms with Crippen LogP contribution >= 0.6 is 0 Å². The number of nitrogens with zero attached hydrogens (tertiary/aromatic N) is 4. The zero-order valence-electron chi connectivity index (χ0n) is 17.9. The predicted molar refractivity (Wildman–Crippen MR) is 120 cm³/mol. The minimum Gasteiger partial charge on any atom is -0.320 e. The van der Waals surface area contributed by atoms with Crippen LogP contribution in [0.25, 0.3) is 11.2 Å². The van der Waals surface area contributed by atoms with E-state index in [4.69, 9.17) is 0 Å². The lowest BCUT2D eigenvalue weighted by Gasteiger charge is -2.29. The van der Waals surface area contributed by atoms with Gasteiger partial charge in [0.05, 0.1) is 6.33 Å². The van der Waals surface area contributed by atoms with Gasteiger partial charge in [-0.15, -0.1) is 0 Å². The van der Waals surface area contributed by atoms with Gasteiger partial charge in [0.15, 0.2) is 16.7 Å². The van der Waals surface area contributed by atoms with Gasteiger partial charge in [-0.3, -0.25) is 24.0 Å². The van der Waals surface area contributed by atoms with Crippen molar-refractivity contribution in [3.63, 3.8) is 0 Å². The third-order valence-electron chi connectivity index (χ3n) is 6.05. The first-order valence-corrected chi connectivity index (χ1v) is 10.2. The van der Waals surface area contributed by atoms with Crippen LogP contribution in [0, 0.1) is 0 Å². The summed E-state index contributed by atoms with van der Waals surface area (Å²) in [6.07, 6.45) is 1.49. The molecule has 1 aliphatic rings. The fourth-order valence-electron chi connectivity index (χ4n) is 4.42. The summed E-state index contributed by atoms with van der Waals surface area (Å²) >= 11 is 0. The van der Waals surface area contributed by atoms with Crippen LogP contribution in [0.5, 0.6) is 0 Å². The maximum absolute atomic E-state index is 13.2. The van der Waals surface area contributed by atoms with Crippen molar-refractivity contribution in [2.45, 2.75) is 12.1 Å². The third-order valence-corrected chi connectivity index (χ3v) is 6.05. The zero-order chi connectivity index (χ0) is 23.3. The number of hydrogen-bond acceptors (Lipinski definition) is 5. The maximum atomic E-state index is 13.2. The van der Waals surface area contributed by atoms with Gasteiger partial charge in [0.25, 0.3) is 11.5 Å². The van der Waals surface area contributed by atoms with Crippen LogP contribution in [0.4, 0.5) is 4.79 Å². The highest BCUT2D eigenvalue weighted by Crippen LogP contribution is 2.35. The molecule has 10 heteroatoms. The topological polar surface area (TPSA) is 120 Å². The number of amides is 3. The molecule has 3 heterocycles. The zero-order valence-corrected chi connectivity index (χ0v) is 17.9. The molecule has 2 aromatic heterocycles. The number of carbonyl (C=O) groups excluding carboxylic acids is 2. The summed E-state index contributed by atoms with van der Waals surface area (Å²) in [6, 6.07) is 15.6. The van der Waals surface area contributed by atoms with E-state index in [1.54, 1.807) is 48.0 Å². The average molecular weight is 444 g/mol. The Bertz CT molecular complexity index is 1550. The summed E-state index contributed by atoms with van der Waals surface area (Å²) in [4.78, 5) is 54.8. The summed E-state index contributed by atoms with van der Waals surface area (Å²) in [5.41, 5.74) is 0.0579. The fourth-order valence-corrected chi connectivity index (χ4v) is 4.42. The number of aromatic nitrogens is 4. The number of imidazole rings is 1. The predicted octanol–water partition coefficient (Wildman–Crippen LogP) is 0.565. The highest BCUT2D eigenvalue weighted by Gasteiger charge is 2.50. The summed E-state index contributed by atoms with van der Waals surface area (Å²) in [5, 5.41) is 5.16.